The number of anilines is 1. The standard InChI is InChI=1S/C9H12BNO4S/c1-7(10(12)13)8-3-5-9(6-4-8)11-16(2,14)15/h3-6,11-13H,1H2,2H3. The van der Waals surface area contributed by atoms with Gasteiger partial charge >= 0.3 is 7.12 Å². The molecule has 0 fully saturated rings. The molecule has 0 aliphatic heterocycles. The van der Waals surface area contributed by atoms with Gasteiger partial charge in [0.1, 0.15) is 0 Å². The lowest BCUT2D eigenvalue weighted by atomic mass is 9.76. The molecule has 0 bridgehead atoms. The third-order valence-corrected chi connectivity index (χ3v) is 2.48. The van der Waals surface area contributed by atoms with E-state index in [9.17, 15) is 8.42 Å². The summed E-state index contributed by atoms with van der Waals surface area (Å²) in [6.07, 6.45) is 1.05. The largest absolute Gasteiger partial charge is 0.488 e. The lowest BCUT2D eigenvalue weighted by Crippen LogP contribution is -2.13. The van der Waals surface area contributed by atoms with Crippen LogP contribution in [0.15, 0.2) is 30.8 Å². The molecule has 0 spiro atoms. The summed E-state index contributed by atoms with van der Waals surface area (Å²) in [5, 5.41) is 17.7. The van der Waals surface area contributed by atoms with Crippen LogP contribution in [0, 0.1) is 0 Å². The van der Waals surface area contributed by atoms with Gasteiger partial charge in [-0.25, -0.2) is 8.42 Å². The lowest BCUT2D eigenvalue weighted by Gasteiger charge is -2.07. The van der Waals surface area contributed by atoms with Gasteiger partial charge in [-0.3, -0.25) is 4.72 Å². The maximum absolute atomic E-state index is 10.9. The van der Waals surface area contributed by atoms with Crippen LogP contribution in [0.25, 0.3) is 5.47 Å². The van der Waals surface area contributed by atoms with Crippen LogP contribution in [0.4, 0.5) is 5.69 Å². The van der Waals surface area contributed by atoms with Crippen molar-refractivity contribution < 1.29 is 18.5 Å². The minimum absolute atomic E-state index is 0.158. The van der Waals surface area contributed by atoms with Crippen molar-refractivity contribution in [1.29, 1.82) is 0 Å². The topological polar surface area (TPSA) is 86.6 Å². The van der Waals surface area contributed by atoms with Gasteiger partial charge in [-0.1, -0.05) is 18.7 Å². The van der Waals surface area contributed by atoms with Gasteiger partial charge in [-0.05, 0) is 23.2 Å². The number of sulfonamides is 1. The van der Waals surface area contributed by atoms with Crippen LogP contribution in [-0.2, 0) is 10.0 Å². The van der Waals surface area contributed by atoms with E-state index in [4.69, 9.17) is 10.0 Å². The van der Waals surface area contributed by atoms with Crippen molar-refractivity contribution in [3.63, 3.8) is 0 Å². The molecule has 16 heavy (non-hydrogen) atoms. The third kappa shape index (κ3) is 3.69. The van der Waals surface area contributed by atoms with E-state index in [0.717, 1.165) is 6.26 Å². The van der Waals surface area contributed by atoms with E-state index in [-0.39, 0.29) is 5.47 Å². The van der Waals surface area contributed by atoms with E-state index in [0.29, 0.717) is 11.3 Å². The zero-order valence-corrected chi connectivity index (χ0v) is 9.53. The van der Waals surface area contributed by atoms with E-state index in [1.165, 1.54) is 12.1 Å². The van der Waals surface area contributed by atoms with Crippen molar-refractivity contribution >= 4 is 28.3 Å². The molecule has 0 unspecified atom stereocenters. The molecular formula is C9H12BNO4S. The highest BCUT2D eigenvalue weighted by molar-refractivity contribution is 7.92. The predicted octanol–water partition coefficient (Wildman–Crippen LogP) is 0.0833. The molecule has 0 aliphatic carbocycles. The number of benzene rings is 1. The number of rotatable bonds is 4. The van der Waals surface area contributed by atoms with Crippen LogP contribution in [0.3, 0.4) is 0 Å². The molecule has 0 heterocycles. The molecule has 0 aliphatic rings. The van der Waals surface area contributed by atoms with Crippen LogP contribution < -0.4 is 4.72 Å². The lowest BCUT2D eigenvalue weighted by molar-refractivity contribution is 0.427. The van der Waals surface area contributed by atoms with Crippen LogP contribution in [-0.4, -0.2) is 31.8 Å². The quantitative estimate of drug-likeness (QED) is 0.651. The molecule has 0 radical (unpaired) electrons. The van der Waals surface area contributed by atoms with Crippen molar-refractivity contribution in [2.24, 2.45) is 0 Å². The second-order valence-corrected chi connectivity index (χ2v) is 5.10. The summed E-state index contributed by atoms with van der Waals surface area (Å²) in [5.74, 6) is 0. The first-order chi connectivity index (χ1) is 7.29. The molecule has 3 N–H and O–H groups in total. The Hall–Kier alpha value is -1.31. The Balaban J connectivity index is 2.88. The molecule has 0 saturated carbocycles. The zero-order chi connectivity index (χ0) is 12.3. The molecular weight excluding hydrogens is 229 g/mol. The molecule has 0 saturated heterocycles. The number of hydrogen-bond acceptors (Lipinski definition) is 4. The van der Waals surface area contributed by atoms with Gasteiger partial charge in [0.15, 0.2) is 0 Å². The second-order valence-electron chi connectivity index (χ2n) is 3.35. The maximum Gasteiger partial charge on any atom is 0.488 e. The van der Waals surface area contributed by atoms with Gasteiger partial charge in [0.05, 0.1) is 6.26 Å². The van der Waals surface area contributed by atoms with Gasteiger partial charge in [0, 0.05) is 5.69 Å². The molecule has 86 valence electrons. The van der Waals surface area contributed by atoms with E-state index >= 15 is 0 Å². The normalized spacial score (nSPS) is 10.9. The highest BCUT2D eigenvalue weighted by Crippen LogP contribution is 2.17. The predicted molar refractivity (Wildman–Crippen MR) is 64.1 cm³/mol. The summed E-state index contributed by atoms with van der Waals surface area (Å²) in [6.45, 7) is 3.49. The zero-order valence-electron chi connectivity index (χ0n) is 8.71. The van der Waals surface area contributed by atoms with E-state index in [2.05, 4.69) is 11.3 Å². The fourth-order valence-corrected chi connectivity index (χ4v) is 1.68. The maximum atomic E-state index is 10.9. The number of nitrogens with one attached hydrogen (secondary N) is 1. The molecule has 0 atom stereocenters. The Morgan fingerprint density at radius 1 is 1.31 bits per heavy atom. The van der Waals surface area contributed by atoms with Crippen molar-refractivity contribution in [2.45, 2.75) is 0 Å². The fourth-order valence-electron chi connectivity index (χ4n) is 1.12. The Labute approximate surface area is 94.6 Å². The van der Waals surface area contributed by atoms with Gasteiger partial charge in [-0.2, -0.15) is 0 Å². The highest BCUT2D eigenvalue weighted by atomic mass is 32.2. The van der Waals surface area contributed by atoms with E-state index in [1.54, 1.807) is 12.1 Å². The van der Waals surface area contributed by atoms with Crippen molar-refractivity contribution in [1.82, 2.24) is 0 Å². The summed E-state index contributed by atoms with van der Waals surface area (Å²) in [4.78, 5) is 0. The minimum atomic E-state index is -3.30. The van der Waals surface area contributed by atoms with Gasteiger partial charge in [-0.15, -0.1) is 0 Å². The number of hydrogen-bond donors (Lipinski definition) is 3. The molecule has 5 nitrogen and oxygen atoms in total. The van der Waals surface area contributed by atoms with Crippen LogP contribution in [0.5, 0.6) is 0 Å². The first-order valence-corrected chi connectivity index (χ1v) is 6.32. The molecule has 7 heteroatoms. The van der Waals surface area contributed by atoms with Gasteiger partial charge < -0.3 is 10.0 Å². The summed E-state index contributed by atoms with van der Waals surface area (Å²) >= 11 is 0. The molecule has 1 aromatic carbocycles. The Kier molecular flexibility index (Phi) is 3.74. The van der Waals surface area contributed by atoms with Gasteiger partial charge in [0.25, 0.3) is 0 Å². The Morgan fingerprint density at radius 2 is 1.81 bits per heavy atom. The van der Waals surface area contributed by atoms with E-state index < -0.39 is 17.1 Å². The molecule has 1 rings (SSSR count). The van der Waals surface area contributed by atoms with E-state index in [1.807, 2.05) is 0 Å². The summed E-state index contributed by atoms with van der Waals surface area (Å²) < 4.78 is 24.1. The molecule has 0 amide bonds. The van der Waals surface area contributed by atoms with Crippen LogP contribution >= 0.6 is 0 Å². The molecule has 1 aromatic rings. The molecule has 0 aromatic heterocycles. The minimum Gasteiger partial charge on any atom is -0.423 e. The van der Waals surface area contributed by atoms with Gasteiger partial charge in [0.2, 0.25) is 10.0 Å². The fraction of sp³-hybridized carbons (Fsp3) is 0.111. The smallest absolute Gasteiger partial charge is 0.423 e. The Morgan fingerprint density at radius 3 is 2.19 bits per heavy atom. The SMILES string of the molecule is C=C(B(O)O)c1ccc(NS(C)(=O)=O)cc1. The van der Waals surface area contributed by atoms with Crippen LogP contribution in [0.1, 0.15) is 5.56 Å². The summed E-state index contributed by atoms with van der Waals surface area (Å²) in [5.41, 5.74) is 1.10. The van der Waals surface area contributed by atoms with Crippen LogP contribution in [0.2, 0.25) is 0 Å². The summed E-state index contributed by atoms with van der Waals surface area (Å²) in [7, 11) is -4.91. The third-order valence-electron chi connectivity index (χ3n) is 1.87. The van der Waals surface area contributed by atoms with Crippen molar-refractivity contribution in [3.05, 3.63) is 36.4 Å². The second kappa shape index (κ2) is 4.69. The highest BCUT2D eigenvalue weighted by Gasteiger charge is 2.13. The monoisotopic (exact) mass is 241 g/mol. The average molecular weight is 241 g/mol. The summed E-state index contributed by atoms with van der Waals surface area (Å²) in [6, 6.07) is 6.14. The average Bonchev–Trinajstić information content (AvgIpc) is 2.15. The first kappa shape index (κ1) is 12.8. The van der Waals surface area contributed by atoms with Crippen molar-refractivity contribution in [2.75, 3.05) is 11.0 Å². The van der Waals surface area contributed by atoms with Crippen molar-refractivity contribution in [3.8, 4) is 0 Å². The first-order valence-electron chi connectivity index (χ1n) is 4.43. The Bertz CT molecular complexity index is 481.